The number of amides is 2. The zero-order chi connectivity index (χ0) is 27.7. The summed E-state index contributed by atoms with van der Waals surface area (Å²) in [6.07, 6.45) is -2.60. The summed E-state index contributed by atoms with van der Waals surface area (Å²) < 4.78 is 4.51. The van der Waals surface area contributed by atoms with Crippen molar-refractivity contribution >= 4 is 35.0 Å². The van der Waals surface area contributed by atoms with Gasteiger partial charge in [-0.15, -0.1) is 0 Å². The van der Waals surface area contributed by atoms with E-state index >= 15 is 0 Å². The second kappa shape index (κ2) is 8.57. The van der Waals surface area contributed by atoms with Crippen molar-refractivity contribution in [1.29, 1.82) is 0 Å². The molecule has 8 N–H and O–H groups in total. The Morgan fingerprint density at radius 3 is 2.32 bits per heavy atom. The molecule has 1 fully saturated rings. The molecule has 0 heterocycles. The van der Waals surface area contributed by atoms with E-state index in [1.807, 2.05) is 0 Å². The van der Waals surface area contributed by atoms with Gasteiger partial charge in [-0.1, -0.05) is 13.0 Å². The molecule has 1 aromatic carbocycles. The van der Waals surface area contributed by atoms with Crippen LogP contribution < -0.4 is 11.1 Å². The third-order valence-corrected chi connectivity index (χ3v) is 7.55. The molecule has 0 bridgehead atoms. The normalized spacial score (nSPS) is 31.1. The lowest BCUT2D eigenvalue weighted by Crippen LogP contribution is -2.70. The van der Waals surface area contributed by atoms with E-state index in [4.69, 9.17) is 5.73 Å². The van der Waals surface area contributed by atoms with Gasteiger partial charge in [-0.25, -0.2) is 4.79 Å². The van der Waals surface area contributed by atoms with E-state index in [-0.39, 0.29) is 11.3 Å². The number of nitrogens with two attached hydrogens (primary N) is 1. The van der Waals surface area contributed by atoms with Crippen molar-refractivity contribution in [2.24, 2.45) is 17.6 Å². The Morgan fingerprint density at radius 1 is 1.16 bits per heavy atom. The number of benzene rings is 1. The maximum absolute atomic E-state index is 13.9. The van der Waals surface area contributed by atoms with Gasteiger partial charge in [-0.2, -0.15) is 0 Å². The SMILES string of the molecule is COC(=O)Nc1ccc2c(c1O)C(O)=C1C(=O)[C@]3(O)C(O)=C(C(N)=O)C(=O)[C@@H](N(C)C)C3[C@@H](O)C1[C@H]2C. The topological polar surface area (TPSA) is 220 Å². The number of ether oxygens (including phenoxy) is 1. The largest absolute Gasteiger partial charge is 0.508 e. The molecule has 1 aromatic rings. The molecule has 13 heteroatoms. The molecule has 6 atom stereocenters. The number of carbonyl (C=O) groups is 4. The van der Waals surface area contributed by atoms with Crippen molar-refractivity contribution in [3.63, 3.8) is 0 Å². The number of aromatic hydroxyl groups is 1. The maximum Gasteiger partial charge on any atom is 0.411 e. The van der Waals surface area contributed by atoms with Crippen LogP contribution in [0.25, 0.3) is 5.76 Å². The lowest BCUT2D eigenvalue weighted by atomic mass is 9.54. The predicted molar refractivity (Wildman–Crippen MR) is 126 cm³/mol. The first-order valence-corrected chi connectivity index (χ1v) is 11.2. The third-order valence-electron chi connectivity index (χ3n) is 7.55. The molecular formula is C24H27N3O10. The fourth-order valence-electron chi connectivity index (χ4n) is 5.88. The Hall–Kier alpha value is -3.94. The van der Waals surface area contributed by atoms with Gasteiger partial charge in [0.05, 0.1) is 36.4 Å². The number of hydrogen-bond acceptors (Lipinski definition) is 11. The van der Waals surface area contributed by atoms with Crippen LogP contribution in [-0.2, 0) is 19.1 Å². The van der Waals surface area contributed by atoms with Crippen LogP contribution in [0.2, 0.25) is 0 Å². The number of nitrogens with zero attached hydrogens (tertiary/aromatic N) is 1. The number of anilines is 1. The molecule has 2 amide bonds. The molecule has 198 valence electrons. The van der Waals surface area contributed by atoms with E-state index in [0.717, 1.165) is 7.11 Å². The molecule has 0 saturated heterocycles. The number of aliphatic hydroxyl groups is 4. The summed E-state index contributed by atoms with van der Waals surface area (Å²) >= 11 is 0. The van der Waals surface area contributed by atoms with E-state index in [1.54, 1.807) is 6.92 Å². The monoisotopic (exact) mass is 517 g/mol. The number of likely N-dealkylation sites (N-methyl/N-ethyl adjacent to an activating group) is 1. The van der Waals surface area contributed by atoms with E-state index in [9.17, 15) is 44.7 Å². The van der Waals surface area contributed by atoms with Crippen LogP contribution in [0.1, 0.15) is 24.0 Å². The summed E-state index contributed by atoms with van der Waals surface area (Å²) in [6, 6.07) is 1.38. The van der Waals surface area contributed by atoms with Crippen molar-refractivity contribution in [3.05, 3.63) is 40.2 Å². The number of primary amides is 1. The molecule has 0 spiro atoms. The van der Waals surface area contributed by atoms with Gasteiger partial charge in [0, 0.05) is 11.5 Å². The van der Waals surface area contributed by atoms with E-state index in [0.29, 0.717) is 5.56 Å². The molecule has 0 radical (unpaired) electrons. The smallest absolute Gasteiger partial charge is 0.411 e. The second-order valence-corrected chi connectivity index (χ2v) is 9.59. The first kappa shape index (κ1) is 26.1. The van der Waals surface area contributed by atoms with Gasteiger partial charge in [-0.05, 0) is 31.6 Å². The Balaban J connectivity index is 2.01. The number of carbonyl (C=O) groups excluding carboxylic acids is 4. The van der Waals surface area contributed by atoms with E-state index in [2.05, 4.69) is 10.1 Å². The van der Waals surface area contributed by atoms with Crippen LogP contribution >= 0.6 is 0 Å². The van der Waals surface area contributed by atoms with Crippen LogP contribution in [0.4, 0.5) is 10.5 Å². The van der Waals surface area contributed by atoms with Crippen LogP contribution in [0, 0.1) is 11.8 Å². The number of aliphatic hydroxyl groups excluding tert-OH is 3. The van der Waals surface area contributed by atoms with Gasteiger partial charge >= 0.3 is 6.09 Å². The lowest BCUT2D eigenvalue weighted by Gasteiger charge is -2.53. The number of fused-ring (bicyclic) bond motifs is 3. The zero-order valence-corrected chi connectivity index (χ0v) is 20.3. The average Bonchev–Trinajstić information content (AvgIpc) is 2.82. The fourth-order valence-corrected chi connectivity index (χ4v) is 5.88. The summed E-state index contributed by atoms with van der Waals surface area (Å²) in [4.78, 5) is 52.0. The van der Waals surface area contributed by atoms with Crippen molar-refractivity contribution in [1.82, 2.24) is 4.90 Å². The molecule has 3 aliphatic rings. The second-order valence-electron chi connectivity index (χ2n) is 9.59. The Labute approximate surface area is 210 Å². The van der Waals surface area contributed by atoms with Crippen LogP contribution in [0.5, 0.6) is 5.75 Å². The third kappa shape index (κ3) is 3.35. The average molecular weight is 517 g/mol. The molecule has 2 unspecified atom stereocenters. The van der Waals surface area contributed by atoms with Crippen LogP contribution in [0.15, 0.2) is 29.0 Å². The van der Waals surface area contributed by atoms with Crippen molar-refractivity contribution < 1.29 is 49.4 Å². The number of ketones is 2. The Bertz CT molecular complexity index is 1320. The van der Waals surface area contributed by atoms with E-state index < -0.39 is 87.5 Å². The number of Topliss-reactive ketones (excluding diaryl/α,β-unsaturated/α-hetero) is 2. The number of phenols is 1. The summed E-state index contributed by atoms with van der Waals surface area (Å²) in [5.74, 6) is -9.96. The number of hydrogen-bond donors (Lipinski definition) is 7. The molecular weight excluding hydrogens is 490 g/mol. The molecule has 1 saturated carbocycles. The summed E-state index contributed by atoms with van der Waals surface area (Å²) in [7, 11) is 3.96. The quantitative estimate of drug-likeness (QED) is 0.203. The molecule has 0 aromatic heterocycles. The molecule has 4 rings (SSSR count). The first-order chi connectivity index (χ1) is 17.2. The highest BCUT2D eigenvalue weighted by atomic mass is 16.5. The number of methoxy groups -OCH3 is 1. The highest BCUT2D eigenvalue weighted by molar-refractivity contribution is 6.24. The Morgan fingerprint density at radius 2 is 1.78 bits per heavy atom. The molecule has 3 aliphatic carbocycles. The summed E-state index contributed by atoms with van der Waals surface area (Å²) in [5.41, 5.74) is 0.667. The predicted octanol–water partition coefficient (Wildman–Crippen LogP) is -0.326. The van der Waals surface area contributed by atoms with Gasteiger partial charge in [0.2, 0.25) is 5.78 Å². The van der Waals surface area contributed by atoms with Crippen molar-refractivity contribution in [2.45, 2.75) is 30.6 Å². The fraction of sp³-hybridized carbons (Fsp3) is 0.417. The number of phenolic OH excluding ortho intramolecular Hbond substituents is 1. The highest BCUT2D eigenvalue weighted by Gasteiger charge is 2.68. The summed E-state index contributed by atoms with van der Waals surface area (Å²) in [5, 5.41) is 58.4. The van der Waals surface area contributed by atoms with Gasteiger partial charge in [0.25, 0.3) is 5.91 Å². The highest BCUT2D eigenvalue weighted by Crippen LogP contribution is 2.56. The van der Waals surface area contributed by atoms with Gasteiger partial charge in [0.1, 0.15) is 22.8 Å². The molecule has 37 heavy (non-hydrogen) atoms. The Kier molecular flexibility index (Phi) is 6.06. The molecule has 13 nitrogen and oxygen atoms in total. The van der Waals surface area contributed by atoms with Gasteiger partial charge in [0.15, 0.2) is 11.4 Å². The van der Waals surface area contributed by atoms with Crippen LogP contribution in [-0.4, -0.2) is 93.0 Å². The number of nitrogens with one attached hydrogen (secondary N) is 1. The zero-order valence-electron chi connectivity index (χ0n) is 20.3. The standard InChI is InChI=1S/C24H27N3O10/c1-7-8-5-6-9(26-23(35)37-4)16(28)11(8)17(29)12-10(7)18(30)14-15(27(2)3)19(31)13(22(25)34)21(33)24(14,36)20(12)32/h5-7,10,14-15,18,28-30,33,36H,1-4H3,(H2,25,34)(H,26,35)/t7-,10?,14?,15-,18-,24-/m0/s1. The lowest BCUT2D eigenvalue weighted by molar-refractivity contribution is -0.169. The number of rotatable bonds is 3. The van der Waals surface area contributed by atoms with Crippen molar-refractivity contribution in [2.75, 3.05) is 26.5 Å². The minimum atomic E-state index is -3.00. The van der Waals surface area contributed by atoms with Crippen LogP contribution in [0.3, 0.4) is 0 Å². The van der Waals surface area contributed by atoms with Gasteiger partial charge in [-0.3, -0.25) is 24.6 Å². The first-order valence-electron chi connectivity index (χ1n) is 11.2. The van der Waals surface area contributed by atoms with Gasteiger partial charge < -0.3 is 36.0 Å². The van der Waals surface area contributed by atoms with E-state index in [1.165, 1.54) is 31.1 Å². The maximum atomic E-state index is 13.9. The summed E-state index contributed by atoms with van der Waals surface area (Å²) in [6.45, 7) is 1.60. The van der Waals surface area contributed by atoms with Crippen molar-refractivity contribution in [3.8, 4) is 5.75 Å². The molecule has 0 aliphatic heterocycles. The minimum Gasteiger partial charge on any atom is -0.508 e. The minimum absolute atomic E-state index is 0.154.